The van der Waals surface area contributed by atoms with Crippen molar-refractivity contribution in [3.8, 4) is 0 Å². The predicted octanol–water partition coefficient (Wildman–Crippen LogP) is -0.642. The summed E-state index contributed by atoms with van der Waals surface area (Å²) in [5.41, 5.74) is 5.44. The lowest BCUT2D eigenvalue weighted by molar-refractivity contribution is -0.109. The molecule has 0 aromatic carbocycles. The highest BCUT2D eigenvalue weighted by atomic mass is 32.2. The van der Waals surface area contributed by atoms with E-state index in [1.54, 1.807) is 4.72 Å². The van der Waals surface area contributed by atoms with Crippen molar-refractivity contribution >= 4 is 33.1 Å². The van der Waals surface area contributed by atoms with E-state index in [4.69, 9.17) is 10.3 Å². The first-order chi connectivity index (χ1) is 6.42. The van der Waals surface area contributed by atoms with Crippen LogP contribution in [0.3, 0.4) is 0 Å². The Kier molecular flexibility index (Phi) is 3.16. The lowest BCUT2D eigenvalue weighted by atomic mass is 10.3. The second-order valence-electron chi connectivity index (χ2n) is 2.32. The Labute approximate surface area is 83.8 Å². The molecule has 1 aromatic heterocycles. The molecule has 7 nitrogen and oxygen atoms in total. The summed E-state index contributed by atoms with van der Waals surface area (Å²) in [6.07, 6.45) is 0.308. The molecule has 0 aliphatic heterocycles. The Morgan fingerprint density at radius 1 is 1.71 bits per heavy atom. The summed E-state index contributed by atoms with van der Waals surface area (Å²) in [6, 6.07) is -1.21. The van der Waals surface area contributed by atoms with E-state index >= 15 is 0 Å². The highest BCUT2D eigenvalue weighted by Gasteiger charge is 2.18. The van der Waals surface area contributed by atoms with E-state index in [9.17, 15) is 13.2 Å². The van der Waals surface area contributed by atoms with Crippen molar-refractivity contribution in [3.05, 3.63) is 11.1 Å². The number of aromatic nitrogens is 1. The van der Waals surface area contributed by atoms with Gasteiger partial charge < -0.3 is 10.5 Å². The number of nitrogens with two attached hydrogens (primary N) is 1. The molecule has 1 unspecified atom stereocenters. The van der Waals surface area contributed by atoms with Crippen LogP contribution in [0.2, 0.25) is 0 Å². The van der Waals surface area contributed by atoms with Crippen molar-refractivity contribution in [2.45, 2.75) is 6.04 Å². The summed E-state index contributed by atoms with van der Waals surface area (Å²) >= 11 is 1.07. The molecule has 0 saturated carbocycles. The molecule has 0 spiro atoms. The van der Waals surface area contributed by atoms with Crippen molar-refractivity contribution < 1.29 is 17.8 Å². The standard InChI is InChI=1S/C5H7N3O4S2/c6-5-7-4(2-13-5)3(1-9)8-14(10,11)12/h1-3,8H,(H2,6,7)(H,10,11,12). The Bertz CT molecular complexity index is 426. The quantitative estimate of drug-likeness (QED) is 0.472. The fraction of sp³-hybridized carbons (Fsp3) is 0.200. The van der Waals surface area contributed by atoms with Crippen LogP contribution < -0.4 is 10.5 Å². The van der Waals surface area contributed by atoms with Gasteiger partial charge >= 0.3 is 10.3 Å². The van der Waals surface area contributed by atoms with E-state index in [2.05, 4.69) is 4.98 Å². The predicted molar refractivity (Wildman–Crippen MR) is 50.0 cm³/mol. The van der Waals surface area contributed by atoms with Crippen LogP contribution in [0.4, 0.5) is 5.13 Å². The highest BCUT2D eigenvalue weighted by Crippen LogP contribution is 2.17. The van der Waals surface area contributed by atoms with Gasteiger partial charge in [-0.15, -0.1) is 11.3 Å². The third kappa shape index (κ3) is 3.03. The molecule has 0 amide bonds. The Morgan fingerprint density at radius 3 is 2.71 bits per heavy atom. The Hall–Kier alpha value is -1.03. The molecule has 0 saturated heterocycles. The van der Waals surface area contributed by atoms with Crippen molar-refractivity contribution in [2.75, 3.05) is 5.73 Å². The smallest absolute Gasteiger partial charge is 0.334 e. The second kappa shape index (κ2) is 4.00. The molecule has 78 valence electrons. The molecule has 1 atom stereocenters. The number of carbonyl (C=O) groups is 1. The van der Waals surface area contributed by atoms with Crippen LogP contribution in [0.25, 0.3) is 0 Å². The summed E-state index contributed by atoms with van der Waals surface area (Å²) in [7, 11) is -4.43. The molecular formula is C5H7N3O4S2. The zero-order chi connectivity index (χ0) is 10.8. The van der Waals surface area contributed by atoms with Gasteiger partial charge in [0.2, 0.25) is 0 Å². The van der Waals surface area contributed by atoms with Gasteiger partial charge in [-0.3, -0.25) is 4.55 Å². The first-order valence-corrected chi connectivity index (χ1v) is 5.65. The summed E-state index contributed by atoms with van der Waals surface area (Å²) in [5.74, 6) is 0. The number of rotatable bonds is 4. The topological polar surface area (TPSA) is 122 Å². The van der Waals surface area contributed by atoms with Crippen LogP contribution >= 0.6 is 11.3 Å². The minimum Gasteiger partial charge on any atom is -0.375 e. The maximum atomic E-state index is 10.5. The first-order valence-electron chi connectivity index (χ1n) is 3.33. The molecule has 0 aliphatic rings. The SMILES string of the molecule is Nc1nc(C(C=O)NS(=O)(=O)O)cs1. The average molecular weight is 237 g/mol. The maximum Gasteiger partial charge on any atom is 0.334 e. The monoisotopic (exact) mass is 237 g/mol. The molecular weight excluding hydrogens is 230 g/mol. The van der Waals surface area contributed by atoms with E-state index in [0.29, 0.717) is 6.29 Å². The van der Waals surface area contributed by atoms with Crippen LogP contribution in [0.5, 0.6) is 0 Å². The molecule has 0 bridgehead atoms. The molecule has 14 heavy (non-hydrogen) atoms. The fourth-order valence-corrected chi connectivity index (χ4v) is 1.86. The Morgan fingerprint density at radius 2 is 2.36 bits per heavy atom. The minimum atomic E-state index is -4.43. The van der Waals surface area contributed by atoms with Crippen molar-refractivity contribution in [2.24, 2.45) is 0 Å². The third-order valence-electron chi connectivity index (χ3n) is 1.27. The van der Waals surface area contributed by atoms with E-state index in [0.717, 1.165) is 11.3 Å². The van der Waals surface area contributed by atoms with Crippen molar-refractivity contribution in [1.29, 1.82) is 0 Å². The van der Waals surface area contributed by atoms with E-state index < -0.39 is 16.3 Å². The Balaban J connectivity index is 2.88. The van der Waals surface area contributed by atoms with Crippen LogP contribution in [0.1, 0.15) is 11.7 Å². The van der Waals surface area contributed by atoms with Crippen molar-refractivity contribution in [3.63, 3.8) is 0 Å². The molecule has 0 radical (unpaired) electrons. The molecule has 1 rings (SSSR count). The van der Waals surface area contributed by atoms with Crippen molar-refractivity contribution in [1.82, 2.24) is 9.71 Å². The maximum absolute atomic E-state index is 10.5. The molecule has 0 fully saturated rings. The number of aldehydes is 1. The van der Waals surface area contributed by atoms with E-state index in [1.165, 1.54) is 5.38 Å². The van der Waals surface area contributed by atoms with E-state index in [1.807, 2.05) is 0 Å². The molecule has 9 heteroatoms. The summed E-state index contributed by atoms with van der Waals surface area (Å²) in [6.45, 7) is 0. The number of thiazole rings is 1. The van der Waals surface area contributed by atoms with Gasteiger partial charge in [-0.25, -0.2) is 4.98 Å². The number of anilines is 1. The average Bonchev–Trinajstić information content (AvgIpc) is 2.46. The van der Waals surface area contributed by atoms with Gasteiger partial charge in [0.1, 0.15) is 12.3 Å². The fourth-order valence-electron chi connectivity index (χ4n) is 0.762. The number of nitrogen functional groups attached to an aromatic ring is 1. The van der Waals surface area contributed by atoms with Gasteiger partial charge in [0.05, 0.1) is 5.69 Å². The van der Waals surface area contributed by atoms with Gasteiger partial charge in [-0.05, 0) is 0 Å². The highest BCUT2D eigenvalue weighted by molar-refractivity contribution is 7.83. The normalized spacial score (nSPS) is 13.8. The van der Waals surface area contributed by atoms with Gasteiger partial charge in [0, 0.05) is 5.38 Å². The zero-order valence-corrected chi connectivity index (χ0v) is 8.38. The molecule has 1 heterocycles. The first kappa shape index (κ1) is 11.0. The lowest BCUT2D eigenvalue weighted by Crippen LogP contribution is -2.29. The number of hydrogen-bond acceptors (Lipinski definition) is 6. The third-order valence-corrected chi connectivity index (χ3v) is 2.51. The van der Waals surface area contributed by atoms with Gasteiger partial charge in [-0.2, -0.15) is 13.1 Å². The van der Waals surface area contributed by atoms with Crippen LogP contribution in [0, 0.1) is 0 Å². The summed E-state index contributed by atoms with van der Waals surface area (Å²) < 4.78 is 30.9. The summed E-state index contributed by atoms with van der Waals surface area (Å²) in [4.78, 5) is 14.2. The van der Waals surface area contributed by atoms with Crippen LogP contribution in [-0.4, -0.2) is 24.2 Å². The lowest BCUT2D eigenvalue weighted by Gasteiger charge is -2.05. The minimum absolute atomic E-state index is 0.153. The van der Waals surface area contributed by atoms with Crippen LogP contribution in [-0.2, 0) is 15.1 Å². The second-order valence-corrected chi connectivity index (χ2v) is 4.39. The molecule has 0 aliphatic carbocycles. The van der Waals surface area contributed by atoms with Gasteiger partial charge in [-0.1, -0.05) is 0 Å². The zero-order valence-electron chi connectivity index (χ0n) is 6.75. The molecule has 4 N–H and O–H groups in total. The van der Waals surface area contributed by atoms with Gasteiger partial charge in [0.25, 0.3) is 0 Å². The number of hydrogen-bond donors (Lipinski definition) is 3. The largest absolute Gasteiger partial charge is 0.375 e. The number of carbonyl (C=O) groups excluding carboxylic acids is 1. The van der Waals surface area contributed by atoms with Crippen LogP contribution in [0.15, 0.2) is 5.38 Å². The van der Waals surface area contributed by atoms with E-state index in [-0.39, 0.29) is 10.8 Å². The molecule has 1 aromatic rings. The summed E-state index contributed by atoms with van der Waals surface area (Å²) in [5, 5.41) is 1.64. The number of nitrogens with one attached hydrogen (secondary N) is 1. The van der Waals surface area contributed by atoms with Gasteiger partial charge in [0.15, 0.2) is 5.13 Å². The number of nitrogens with zero attached hydrogens (tertiary/aromatic N) is 1.